The highest BCUT2D eigenvalue weighted by molar-refractivity contribution is 6.44. The summed E-state index contributed by atoms with van der Waals surface area (Å²) in [5.74, 6) is 0. The van der Waals surface area contributed by atoms with E-state index in [2.05, 4.69) is 10.6 Å². The Morgan fingerprint density at radius 2 is 1.78 bits per heavy atom. The van der Waals surface area contributed by atoms with Crippen molar-refractivity contribution in [3.63, 3.8) is 0 Å². The number of ether oxygens (including phenoxy) is 1. The first-order valence-electron chi connectivity index (χ1n) is 7.51. The SMILES string of the molecule is CC(C)(C)OC(=O)NC1CC(NCc2c(Cl)ccc(Cl)c2Cl)C1. The molecule has 0 atom stereocenters. The fourth-order valence-corrected chi connectivity index (χ4v) is 3.04. The van der Waals surface area contributed by atoms with Crippen molar-refractivity contribution in [1.82, 2.24) is 10.6 Å². The lowest BCUT2D eigenvalue weighted by atomic mass is 9.86. The number of hydrogen-bond donors (Lipinski definition) is 2. The number of alkyl carbamates (subject to hydrolysis) is 1. The second-order valence-electron chi connectivity index (χ2n) is 6.71. The molecule has 0 spiro atoms. The molecule has 1 aliphatic rings. The fraction of sp³-hybridized carbons (Fsp3) is 0.562. The third-order valence-corrected chi connectivity index (χ3v) is 4.76. The van der Waals surface area contributed by atoms with Crippen molar-refractivity contribution in [2.45, 2.75) is 57.8 Å². The van der Waals surface area contributed by atoms with Gasteiger partial charge < -0.3 is 15.4 Å². The Hall–Kier alpha value is -0.680. The number of nitrogens with one attached hydrogen (secondary N) is 2. The minimum Gasteiger partial charge on any atom is -0.444 e. The van der Waals surface area contributed by atoms with Crippen LogP contribution in [0.4, 0.5) is 4.79 Å². The molecule has 23 heavy (non-hydrogen) atoms. The molecule has 1 amide bonds. The Morgan fingerprint density at radius 3 is 2.39 bits per heavy atom. The molecule has 1 fully saturated rings. The van der Waals surface area contributed by atoms with Gasteiger partial charge in [0.15, 0.2) is 0 Å². The summed E-state index contributed by atoms with van der Waals surface area (Å²) in [5.41, 5.74) is 0.315. The van der Waals surface area contributed by atoms with Gasteiger partial charge in [-0.2, -0.15) is 0 Å². The molecule has 1 aliphatic carbocycles. The third-order valence-electron chi connectivity index (χ3n) is 3.57. The zero-order valence-corrected chi connectivity index (χ0v) is 15.6. The maximum atomic E-state index is 11.7. The van der Waals surface area contributed by atoms with E-state index in [4.69, 9.17) is 39.5 Å². The molecule has 0 bridgehead atoms. The van der Waals surface area contributed by atoms with E-state index in [1.807, 2.05) is 20.8 Å². The topological polar surface area (TPSA) is 50.4 Å². The lowest BCUT2D eigenvalue weighted by molar-refractivity contribution is 0.0465. The van der Waals surface area contributed by atoms with E-state index in [-0.39, 0.29) is 12.1 Å². The predicted octanol–water partition coefficient (Wildman–Crippen LogP) is 4.79. The van der Waals surface area contributed by atoms with Crippen LogP contribution in [0.2, 0.25) is 15.1 Å². The summed E-state index contributed by atoms with van der Waals surface area (Å²) in [6, 6.07) is 3.86. The van der Waals surface area contributed by atoms with Crippen molar-refractivity contribution in [3.05, 3.63) is 32.8 Å². The van der Waals surface area contributed by atoms with Crippen LogP contribution in [0, 0.1) is 0 Å². The van der Waals surface area contributed by atoms with E-state index in [1.165, 1.54) is 0 Å². The van der Waals surface area contributed by atoms with Crippen molar-refractivity contribution in [3.8, 4) is 0 Å². The van der Waals surface area contributed by atoms with E-state index in [9.17, 15) is 4.79 Å². The maximum Gasteiger partial charge on any atom is 0.407 e. The average molecular weight is 380 g/mol. The van der Waals surface area contributed by atoms with Crippen LogP contribution in [0.15, 0.2) is 12.1 Å². The van der Waals surface area contributed by atoms with Gasteiger partial charge in [0.05, 0.1) is 10.0 Å². The first-order valence-corrected chi connectivity index (χ1v) is 8.64. The number of benzene rings is 1. The third kappa shape index (κ3) is 5.42. The van der Waals surface area contributed by atoms with Crippen LogP contribution in [-0.4, -0.2) is 23.8 Å². The van der Waals surface area contributed by atoms with Crippen LogP contribution in [0.25, 0.3) is 0 Å². The lowest BCUT2D eigenvalue weighted by Crippen LogP contribution is -2.53. The van der Waals surface area contributed by atoms with E-state index >= 15 is 0 Å². The number of carbonyl (C=O) groups is 1. The van der Waals surface area contributed by atoms with Gasteiger partial charge in [-0.25, -0.2) is 4.79 Å². The van der Waals surface area contributed by atoms with E-state index in [0.717, 1.165) is 18.4 Å². The first-order chi connectivity index (χ1) is 10.7. The molecule has 0 saturated heterocycles. The van der Waals surface area contributed by atoms with E-state index < -0.39 is 5.60 Å². The predicted molar refractivity (Wildman–Crippen MR) is 94.5 cm³/mol. The molecule has 0 heterocycles. The molecule has 1 aromatic carbocycles. The molecule has 7 heteroatoms. The number of halogens is 3. The Morgan fingerprint density at radius 1 is 1.17 bits per heavy atom. The van der Waals surface area contributed by atoms with Crippen molar-refractivity contribution in [1.29, 1.82) is 0 Å². The van der Waals surface area contributed by atoms with Crippen LogP contribution >= 0.6 is 34.8 Å². The molecule has 0 unspecified atom stereocenters. The van der Waals surface area contributed by atoms with Crippen LogP contribution in [0.1, 0.15) is 39.2 Å². The highest BCUT2D eigenvalue weighted by Crippen LogP contribution is 2.32. The maximum absolute atomic E-state index is 11.7. The summed E-state index contributed by atoms with van der Waals surface area (Å²) >= 11 is 18.3. The molecule has 2 N–H and O–H groups in total. The Kier molecular flexibility index (Phi) is 6.06. The highest BCUT2D eigenvalue weighted by atomic mass is 35.5. The number of carbonyl (C=O) groups excluding carboxylic acids is 1. The van der Waals surface area contributed by atoms with Crippen LogP contribution in [0.3, 0.4) is 0 Å². The Balaban J connectivity index is 1.75. The number of amides is 1. The van der Waals surface area contributed by atoms with Gasteiger partial charge in [-0.1, -0.05) is 34.8 Å². The van der Waals surface area contributed by atoms with Gasteiger partial charge in [-0.15, -0.1) is 0 Å². The molecule has 0 aromatic heterocycles. The van der Waals surface area contributed by atoms with Crippen LogP contribution in [-0.2, 0) is 11.3 Å². The molecular formula is C16H21Cl3N2O2. The first kappa shape index (κ1) is 18.7. The largest absolute Gasteiger partial charge is 0.444 e. The zero-order chi connectivity index (χ0) is 17.2. The minimum absolute atomic E-state index is 0.132. The monoisotopic (exact) mass is 378 g/mol. The molecule has 1 saturated carbocycles. The van der Waals surface area contributed by atoms with Gasteiger partial charge in [0.25, 0.3) is 0 Å². The number of rotatable bonds is 4. The van der Waals surface area contributed by atoms with E-state index in [1.54, 1.807) is 12.1 Å². The van der Waals surface area contributed by atoms with Gasteiger partial charge >= 0.3 is 6.09 Å². The Bertz CT molecular complexity index is 581. The molecule has 2 rings (SSSR count). The second-order valence-corrected chi connectivity index (χ2v) is 7.91. The summed E-state index contributed by atoms with van der Waals surface area (Å²) in [5, 5.41) is 7.80. The standard InChI is InChI=1S/C16H21Cl3N2O2/c1-16(2,3)23-15(22)21-10-6-9(7-10)20-8-11-12(17)4-5-13(18)14(11)19/h4-5,9-10,20H,6-8H2,1-3H3,(H,21,22). The summed E-state index contributed by atoms with van der Waals surface area (Å²) in [7, 11) is 0. The van der Waals surface area contributed by atoms with Gasteiger partial charge in [0.1, 0.15) is 5.60 Å². The van der Waals surface area contributed by atoms with Gasteiger partial charge in [0, 0.05) is 29.2 Å². The molecule has 1 aromatic rings. The van der Waals surface area contributed by atoms with Crippen LogP contribution < -0.4 is 10.6 Å². The van der Waals surface area contributed by atoms with Gasteiger partial charge in [-0.05, 0) is 45.7 Å². The van der Waals surface area contributed by atoms with Crippen molar-refractivity contribution in [2.24, 2.45) is 0 Å². The quantitative estimate of drug-likeness (QED) is 0.739. The summed E-state index contributed by atoms with van der Waals surface area (Å²) in [6.07, 6.45) is 1.31. The molecule has 0 aliphatic heterocycles. The molecular weight excluding hydrogens is 359 g/mol. The second kappa shape index (κ2) is 7.47. The molecule has 128 valence electrons. The normalized spacial score (nSPS) is 20.8. The Labute approximate surface area is 151 Å². The summed E-state index contributed by atoms with van der Waals surface area (Å²) in [6.45, 7) is 6.07. The fourth-order valence-electron chi connectivity index (χ4n) is 2.35. The summed E-state index contributed by atoms with van der Waals surface area (Å²) < 4.78 is 5.23. The van der Waals surface area contributed by atoms with Gasteiger partial charge in [-0.3, -0.25) is 0 Å². The van der Waals surface area contributed by atoms with Gasteiger partial charge in [0.2, 0.25) is 0 Å². The lowest BCUT2D eigenvalue weighted by Gasteiger charge is -2.37. The smallest absolute Gasteiger partial charge is 0.407 e. The van der Waals surface area contributed by atoms with Crippen molar-refractivity contribution in [2.75, 3.05) is 0 Å². The summed E-state index contributed by atoms with van der Waals surface area (Å²) in [4.78, 5) is 11.7. The molecule has 0 radical (unpaired) electrons. The molecule has 4 nitrogen and oxygen atoms in total. The zero-order valence-electron chi connectivity index (χ0n) is 13.4. The van der Waals surface area contributed by atoms with E-state index in [0.29, 0.717) is 27.7 Å². The van der Waals surface area contributed by atoms with Crippen molar-refractivity contribution >= 4 is 40.9 Å². The highest BCUT2D eigenvalue weighted by Gasteiger charge is 2.31. The minimum atomic E-state index is -0.481. The number of hydrogen-bond acceptors (Lipinski definition) is 3. The van der Waals surface area contributed by atoms with Crippen molar-refractivity contribution < 1.29 is 9.53 Å². The average Bonchev–Trinajstić information content (AvgIpc) is 2.37. The van der Waals surface area contributed by atoms with Crippen LogP contribution in [0.5, 0.6) is 0 Å².